The Morgan fingerprint density at radius 3 is 0.676 bits per heavy atom. The van der Waals surface area contributed by atoms with Crippen molar-refractivity contribution in [3.63, 3.8) is 0 Å². The molecule has 0 N–H and O–H groups in total. The molecule has 0 atom stereocenters. The number of aryl methyl sites for hydroxylation is 18. The van der Waals surface area contributed by atoms with E-state index in [1.165, 1.54) is 94.8 Å². The molecular formula is C98H100N4+4. The zero-order valence-electron chi connectivity index (χ0n) is 73.3. The topological polar surface area (TPSA) is 15.5 Å². The third kappa shape index (κ3) is 16.3. The van der Waals surface area contributed by atoms with E-state index < -0.39 is 27.4 Å². The van der Waals surface area contributed by atoms with Crippen LogP contribution >= 0.6 is 0 Å². The largest absolute Gasteiger partial charge is 0.213 e. The Labute approximate surface area is 625 Å². The zero-order chi connectivity index (χ0) is 82.5. The lowest BCUT2D eigenvalue weighted by atomic mass is 9.92. The summed E-state index contributed by atoms with van der Waals surface area (Å²) >= 11 is 0. The third-order valence-corrected chi connectivity index (χ3v) is 19.5. The van der Waals surface area contributed by atoms with Gasteiger partial charge in [-0.05, 0) is 243 Å². The number of benzene rings is 10. The smallest absolute Gasteiger partial charge is 0.201 e. The maximum absolute atomic E-state index is 8.09. The monoisotopic (exact) mass is 1340 g/mol. The van der Waals surface area contributed by atoms with Crippen LogP contribution in [0.25, 0.3) is 112 Å². The van der Waals surface area contributed by atoms with Gasteiger partial charge in [-0.3, -0.25) is 0 Å². The molecule has 14 aromatic rings. The van der Waals surface area contributed by atoms with Crippen LogP contribution in [0.15, 0.2) is 280 Å². The fourth-order valence-electron chi connectivity index (χ4n) is 13.7. The SMILES string of the molecule is Cc1cc(-c2cc(-c3ccccc3)c(C)cc2C)[n+](C)cc1C.Cc1cc(C)c(-c2cc(-c3ccccc3)c(C)c[n+]2C)cc1-c1ccccc1.[2H]C([2H])([2H])c1c[n+](C)c(-c2cc(-c3ccccc3)c(C([2H])([2H])[2H])cc2C)cc1C.[2H]C([2H])([2H])c1cc(C)c(-c2cc(-c3ccccc3)c(C([2H])([2H])[2H])c[n+]2C)cc1-c1ccccc1. The van der Waals surface area contributed by atoms with Crippen LogP contribution in [0.2, 0.25) is 0 Å². The molecule has 508 valence electrons. The van der Waals surface area contributed by atoms with Crippen LogP contribution in [0.5, 0.6) is 0 Å². The van der Waals surface area contributed by atoms with Gasteiger partial charge in [0.1, 0.15) is 28.2 Å². The highest BCUT2D eigenvalue weighted by molar-refractivity contribution is 5.82. The minimum absolute atomic E-state index is 0.269. The van der Waals surface area contributed by atoms with Crippen molar-refractivity contribution < 1.29 is 34.7 Å². The van der Waals surface area contributed by atoms with Crippen molar-refractivity contribution in [1.82, 2.24) is 0 Å². The predicted octanol–water partition coefficient (Wildman–Crippen LogP) is 23.0. The fraction of sp³-hybridized carbons (Fsp3) is 0.184. The molecular weight excluding hydrogens is 1230 g/mol. The van der Waals surface area contributed by atoms with Gasteiger partial charge in [-0.25, -0.2) is 18.3 Å². The van der Waals surface area contributed by atoms with Gasteiger partial charge >= 0.3 is 0 Å². The number of hydrogen-bond donors (Lipinski definition) is 0. The maximum Gasteiger partial charge on any atom is 0.213 e. The van der Waals surface area contributed by atoms with Crippen molar-refractivity contribution in [3.8, 4) is 112 Å². The Balaban J connectivity index is 0.000000151. The molecule has 4 aromatic heterocycles. The van der Waals surface area contributed by atoms with Gasteiger partial charge in [-0.15, -0.1) is 0 Å². The fourth-order valence-corrected chi connectivity index (χ4v) is 13.7. The summed E-state index contributed by atoms with van der Waals surface area (Å²) in [5, 5.41) is 0. The zero-order valence-corrected chi connectivity index (χ0v) is 61.3. The van der Waals surface area contributed by atoms with E-state index in [1.54, 1.807) is 40.6 Å². The van der Waals surface area contributed by atoms with Crippen molar-refractivity contribution in [3.05, 3.63) is 357 Å². The molecule has 14 rings (SSSR count). The third-order valence-electron chi connectivity index (χ3n) is 19.5. The summed E-state index contributed by atoms with van der Waals surface area (Å²) in [4.78, 5) is 0. The Morgan fingerprint density at radius 2 is 0.382 bits per heavy atom. The molecule has 0 bridgehead atoms. The standard InChI is InChI=1S/2C27H26N.2C22H24N/c2*1-19-15-20(2)26(16-24(19)22-11-7-5-8-12-22)27-17-25(21(3)18-28(27)4)23-13-9-6-10-14-23;2*1-15-12-22(23(5)14-18(15)4)21-13-20(16(2)11-17(21)3)19-9-7-6-8-10-19/h2*5-18H,1-4H3;2*6-14H,1-5H3/q4*+1/i1D3,3D3;;2D3,4D3;. The number of aromatic nitrogens is 4. The molecule has 0 fully saturated rings. The van der Waals surface area contributed by atoms with E-state index in [-0.39, 0.29) is 5.56 Å². The van der Waals surface area contributed by atoms with Gasteiger partial charge < -0.3 is 0 Å². The summed E-state index contributed by atoms with van der Waals surface area (Å²) in [7, 11) is 7.89. The van der Waals surface area contributed by atoms with E-state index >= 15 is 0 Å². The van der Waals surface area contributed by atoms with Crippen LogP contribution in [-0.2, 0) is 28.2 Å². The lowest BCUT2D eigenvalue weighted by Gasteiger charge is -2.13. The van der Waals surface area contributed by atoms with Gasteiger partial charge in [0.25, 0.3) is 0 Å². The van der Waals surface area contributed by atoms with E-state index in [0.29, 0.717) is 38.9 Å². The molecule has 4 heterocycles. The quantitative estimate of drug-likeness (QED) is 0.121. The van der Waals surface area contributed by atoms with Crippen LogP contribution in [0.4, 0.5) is 0 Å². The Hall–Kier alpha value is -11.2. The lowest BCUT2D eigenvalue weighted by molar-refractivity contribution is -0.660. The molecule has 0 spiro atoms. The van der Waals surface area contributed by atoms with Crippen LogP contribution in [0.1, 0.15) is 94.3 Å². The number of hydrogen-bond acceptors (Lipinski definition) is 0. The van der Waals surface area contributed by atoms with Gasteiger partial charge in [0, 0.05) is 85.2 Å². The van der Waals surface area contributed by atoms with Crippen LogP contribution in [-0.4, -0.2) is 0 Å². The molecule has 0 aliphatic carbocycles. The van der Waals surface area contributed by atoms with E-state index in [4.69, 9.17) is 16.4 Å². The highest BCUT2D eigenvalue weighted by Gasteiger charge is 2.23. The van der Waals surface area contributed by atoms with Crippen molar-refractivity contribution >= 4 is 0 Å². The van der Waals surface area contributed by atoms with Gasteiger partial charge in [0.05, 0.1) is 0 Å². The lowest BCUT2D eigenvalue weighted by Crippen LogP contribution is -2.31. The molecule has 0 saturated carbocycles. The molecule has 4 heteroatoms. The number of pyridine rings is 4. The predicted molar refractivity (Wildman–Crippen MR) is 431 cm³/mol. The molecule has 0 radical (unpaired) electrons. The molecule has 0 aliphatic heterocycles. The average Bonchev–Trinajstić information content (AvgIpc) is 0.779. The van der Waals surface area contributed by atoms with Crippen LogP contribution in [0.3, 0.4) is 0 Å². The summed E-state index contributed by atoms with van der Waals surface area (Å²) in [5.74, 6) is 0. The number of nitrogens with zero attached hydrogens (tertiary/aromatic N) is 4. The summed E-state index contributed by atoms with van der Waals surface area (Å²) in [5.41, 5.74) is 33.2. The van der Waals surface area contributed by atoms with E-state index in [0.717, 1.165) is 50.3 Å². The Morgan fingerprint density at radius 1 is 0.176 bits per heavy atom. The normalized spacial score (nSPS) is 13.1. The van der Waals surface area contributed by atoms with Gasteiger partial charge in [0.15, 0.2) is 24.8 Å². The first kappa shape index (κ1) is 57.5. The molecule has 0 aliphatic rings. The summed E-state index contributed by atoms with van der Waals surface area (Å²) in [6.07, 6.45) is 7.74. The molecule has 4 nitrogen and oxygen atoms in total. The molecule has 0 unspecified atom stereocenters. The van der Waals surface area contributed by atoms with E-state index in [1.807, 2.05) is 143 Å². The van der Waals surface area contributed by atoms with Crippen molar-refractivity contribution in [2.75, 3.05) is 0 Å². The molecule has 10 aromatic carbocycles. The molecule has 102 heavy (non-hydrogen) atoms. The van der Waals surface area contributed by atoms with Gasteiger partial charge in [-0.2, -0.15) is 0 Å². The average molecular weight is 1350 g/mol. The highest BCUT2D eigenvalue weighted by atomic mass is 14.9. The van der Waals surface area contributed by atoms with Crippen molar-refractivity contribution in [2.45, 2.75) is 96.6 Å². The second-order valence-corrected chi connectivity index (χ2v) is 27.1. The first-order valence-electron chi connectivity index (χ1n) is 40.8. The van der Waals surface area contributed by atoms with Crippen LogP contribution in [0, 0.1) is 96.6 Å². The first-order chi connectivity index (χ1) is 53.9. The van der Waals surface area contributed by atoms with Gasteiger partial charge in [0.2, 0.25) is 22.8 Å². The summed E-state index contributed by atoms with van der Waals surface area (Å²) in [6.45, 7) is 11.9. The van der Waals surface area contributed by atoms with Crippen molar-refractivity contribution in [1.29, 1.82) is 0 Å². The van der Waals surface area contributed by atoms with E-state index in [9.17, 15) is 0 Å². The van der Waals surface area contributed by atoms with Gasteiger partial charge in [-0.1, -0.05) is 206 Å². The van der Waals surface area contributed by atoms with E-state index in [2.05, 4.69) is 211 Å². The minimum Gasteiger partial charge on any atom is -0.201 e. The second kappa shape index (κ2) is 32.0. The number of rotatable bonds is 10. The first-order valence-corrected chi connectivity index (χ1v) is 34.8. The highest BCUT2D eigenvalue weighted by Crippen LogP contribution is 2.38. The minimum atomic E-state index is -2.28. The van der Waals surface area contributed by atoms with Crippen molar-refractivity contribution in [2.24, 2.45) is 28.2 Å². The second-order valence-electron chi connectivity index (χ2n) is 27.1. The summed E-state index contributed by atoms with van der Waals surface area (Å²) in [6, 6.07) is 85.2. The summed E-state index contributed by atoms with van der Waals surface area (Å²) < 4.78 is 104. The maximum atomic E-state index is 8.09. The Kier molecular flexibility index (Phi) is 18.0. The van der Waals surface area contributed by atoms with Crippen LogP contribution < -0.4 is 18.3 Å². The Bertz CT molecular complexity index is 5600. The molecule has 0 saturated heterocycles. The molecule has 0 amide bonds.